The van der Waals surface area contributed by atoms with Gasteiger partial charge in [-0.15, -0.1) is 12.4 Å². The molecule has 120 valence electrons. The van der Waals surface area contributed by atoms with E-state index in [1.165, 1.54) is 4.31 Å². The summed E-state index contributed by atoms with van der Waals surface area (Å²) in [6, 6.07) is -0.0253. The quantitative estimate of drug-likeness (QED) is 0.704. The highest BCUT2D eigenvalue weighted by Crippen LogP contribution is 2.13. The third-order valence-corrected chi connectivity index (χ3v) is 5.15. The topological polar surface area (TPSA) is 92.5 Å². The number of amides is 1. The lowest BCUT2D eigenvalue weighted by Crippen LogP contribution is -2.42. The molecule has 3 N–H and O–H groups in total. The molecule has 1 amide bonds. The fourth-order valence-electron chi connectivity index (χ4n) is 2.25. The molecule has 1 heterocycles. The van der Waals surface area contributed by atoms with Crippen LogP contribution in [0.1, 0.15) is 33.1 Å². The molecule has 0 spiro atoms. The van der Waals surface area contributed by atoms with Gasteiger partial charge in [0.05, 0.1) is 5.75 Å². The highest BCUT2D eigenvalue weighted by Gasteiger charge is 2.28. The van der Waals surface area contributed by atoms with Crippen molar-refractivity contribution >= 4 is 28.3 Å². The molecule has 1 fully saturated rings. The number of halogens is 1. The molecule has 0 aromatic heterocycles. The van der Waals surface area contributed by atoms with Crippen molar-refractivity contribution in [1.29, 1.82) is 0 Å². The minimum absolute atomic E-state index is 0. The van der Waals surface area contributed by atoms with Gasteiger partial charge in [-0.05, 0) is 18.8 Å². The summed E-state index contributed by atoms with van der Waals surface area (Å²) in [6.07, 6.45) is 1.70. The van der Waals surface area contributed by atoms with E-state index in [2.05, 4.69) is 19.2 Å². The molecule has 20 heavy (non-hydrogen) atoms. The van der Waals surface area contributed by atoms with Gasteiger partial charge < -0.3 is 11.1 Å². The monoisotopic (exact) mass is 327 g/mol. The van der Waals surface area contributed by atoms with Crippen LogP contribution in [0.25, 0.3) is 0 Å². The maximum Gasteiger partial charge on any atom is 0.221 e. The van der Waals surface area contributed by atoms with Gasteiger partial charge in [-0.25, -0.2) is 12.7 Å². The van der Waals surface area contributed by atoms with Crippen molar-refractivity contribution in [3.63, 3.8) is 0 Å². The second kappa shape index (κ2) is 8.81. The van der Waals surface area contributed by atoms with E-state index in [1.54, 1.807) is 0 Å². The fraction of sp³-hybridized carbons (Fsp3) is 0.917. The number of hydrogen-bond donors (Lipinski definition) is 2. The molecule has 1 rings (SSSR count). The predicted octanol–water partition coefficient (Wildman–Crippen LogP) is 0.323. The molecule has 1 atom stereocenters. The molecule has 1 aliphatic rings. The normalized spacial score (nSPS) is 19.6. The first kappa shape index (κ1) is 19.6. The van der Waals surface area contributed by atoms with Crippen LogP contribution >= 0.6 is 12.4 Å². The average Bonchev–Trinajstić information content (AvgIpc) is 2.64. The maximum atomic E-state index is 11.8. The number of sulfonamides is 1. The summed E-state index contributed by atoms with van der Waals surface area (Å²) in [5, 5.41) is 2.86. The Morgan fingerprint density at radius 1 is 1.40 bits per heavy atom. The van der Waals surface area contributed by atoms with Crippen LogP contribution in [0.2, 0.25) is 0 Å². The Morgan fingerprint density at radius 2 is 2.05 bits per heavy atom. The molecule has 0 aromatic rings. The van der Waals surface area contributed by atoms with Crippen LogP contribution in [0.5, 0.6) is 0 Å². The molecule has 0 aliphatic carbocycles. The smallest absolute Gasteiger partial charge is 0.221 e. The zero-order chi connectivity index (χ0) is 14.5. The molecule has 1 unspecified atom stereocenters. The second-order valence-corrected chi connectivity index (χ2v) is 7.54. The van der Waals surface area contributed by atoms with Crippen molar-refractivity contribution < 1.29 is 13.2 Å². The highest BCUT2D eigenvalue weighted by atomic mass is 35.5. The van der Waals surface area contributed by atoms with E-state index in [0.717, 1.165) is 6.42 Å². The van der Waals surface area contributed by atoms with Gasteiger partial charge in [0, 0.05) is 32.1 Å². The van der Waals surface area contributed by atoms with Crippen LogP contribution in [0.3, 0.4) is 0 Å². The second-order valence-electron chi connectivity index (χ2n) is 5.45. The standard InChI is InChI=1S/C12H25N3O3S.ClH/c1-10(2)8-11(9-13)14-12(16)4-6-15-5-3-7-19(15,17)18;/h10-11H,3-9,13H2,1-2H3,(H,14,16);1H. The van der Waals surface area contributed by atoms with Crippen molar-refractivity contribution in [3.8, 4) is 0 Å². The minimum Gasteiger partial charge on any atom is -0.352 e. The van der Waals surface area contributed by atoms with Crippen LogP contribution in [-0.2, 0) is 14.8 Å². The predicted molar refractivity (Wildman–Crippen MR) is 82.3 cm³/mol. The molecule has 8 heteroatoms. The summed E-state index contributed by atoms with van der Waals surface area (Å²) in [4.78, 5) is 11.8. The van der Waals surface area contributed by atoms with Gasteiger partial charge in [0.15, 0.2) is 0 Å². The van der Waals surface area contributed by atoms with E-state index in [0.29, 0.717) is 25.4 Å². The van der Waals surface area contributed by atoms with Crippen LogP contribution in [0.15, 0.2) is 0 Å². The summed E-state index contributed by atoms with van der Waals surface area (Å²) in [5.41, 5.74) is 5.61. The number of carbonyl (C=O) groups excluding carboxylic acids is 1. The first-order valence-electron chi connectivity index (χ1n) is 6.82. The Bertz CT molecular complexity index is 401. The lowest BCUT2D eigenvalue weighted by atomic mass is 10.0. The van der Waals surface area contributed by atoms with Gasteiger partial charge in [-0.1, -0.05) is 13.8 Å². The van der Waals surface area contributed by atoms with Crippen molar-refractivity contribution in [2.45, 2.75) is 39.2 Å². The number of carbonyl (C=O) groups is 1. The molecular formula is C12H26ClN3O3S. The van der Waals surface area contributed by atoms with E-state index in [9.17, 15) is 13.2 Å². The van der Waals surface area contributed by atoms with E-state index in [4.69, 9.17) is 5.73 Å². The molecule has 0 bridgehead atoms. The molecule has 0 aromatic carbocycles. The Kier molecular flexibility index (Phi) is 8.65. The van der Waals surface area contributed by atoms with Gasteiger partial charge in [0.1, 0.15) is 0 Å². The average molecular weight is 328 g/mol. The van der Waals surface area contributed by atoms with Gasteiger partial charge in [0.2, 0.25) is 15.9 Å². The zero-order valence-electron chi connectivity index (χ0n) is 12.2. The molecular weight excluding hydrogens is 302 g/mol. The Balaban J connectivity index is 0.00000361. The SMILES string of the molecule is CC(C)CC(CN)NC(=O)CCN1CCCS1(=O)=O.Cl. The number of rotatable bonds is 7. The molecule has 0 saturated carbocycles. The summed E-state index contributed by atoms with van der Waals surface area (Å²) in [6.45, 7) is 5.36. The van der Waals surface area contributed by atoms with Crippen LogP contribution in [-0.4, -0.2) is 50.1 Å². The maximum absolute atomic E-state index is 11.8. The summed E-state index contributed by atoms with van der Waals surface area (Å²) >= 11 is 0. The third-order valence-electron chi connectivity index (χ3n) is 3.20. The fourth-order valence-corrected chi connectivity index (χ4v) is 3.78. The van der Waals surface area contributed by atoms with Crippen LogP contribution < -0.4 is 11.1 Å². The lowest BCUT2D eigenvalue weighted by Gasteiger charge is -2.20. The molecule has 1 aliphatic heterocycles. The number of nitrogens with two attached hydrogens (primary N) is 1. The van der Waals surface area contributed by atoms with Crippen LogP contribution in [0.4, 0.5) is 0 Å². The first-order chi connectivity index (χ1) is 8.85. The van der Waals surface area contributed by atoms with E-state index in [-0.39, 0.29) is 43.1 Å². The summed E-state index contributed by atoms with van der Waals surface area (Å²) in [5.74, 6) is 0.541. The van der Waals surface area contributed by atoms with Crippen molar-refractivity contribution in [3.05, 3.63) is 0 Å². The molecule has 1 saturated heterocycles. The highest BCUT2D eigenvalue weighted by molar-refractivity contribution is 7.89. The lowest BCUT2D eigenvalue weighted by molar-refractivity contribution is -0.121. The van der Waals surface area contributed by atoms with Gasteiger partial charge >= 0.3 is 0 Å². The van der Waals surface area contributed by atoms with E-state index >= 15 is 0 Å². The minimum atomic E-state index is -3.11. The summed E-state index contributed by atoms with van der Waals surface area (Å²) in [7, 11) is -3.11. The van der Waals surface area contributed by atoms with Gasteiger partial charge in [0.25, 0.3) is 0 Å². The molecule has 0 radical (unpaired) electrons. The number of nitrogens with zero attached hydrogens (tertiary/aromatic N) is 1. The van der Waals surface area contributed by atoms with Gasteiger partial charge in [-0.3, -0.25) is 4.79 Å². The van der Waals surface area contributed by atoms with Crippen molar-refractivity contribution in [2.75, 3.05) is 25.4 Å². The van der Waals surface area contributed by atoms with E-state index in [1.807, 2.05) is 0 Å². The van der Waals surface area contributed by atoms with Crippen LogP contribution in [0, 0.1) is 5.92 Å². The number of hydrogen-bond acceptors (Lipinski definition) is 4. The van der Waals surface area contributed by atoms with E-state index < -0.39 is 10.0 Å². The third kappa shape index (κ3) is 6.39. The van der Waals surface area contributed by atoms with Crippen molar-refractivity contribution in [2.24, 2.45) is 11.7 Å². The Labute approximate surface area is 127 Å². The largest absolute Gasteiger partial charge is 0.352 e. The zero-order valence-corrected chi connectivity index (χ0v) is 13.8. The Hall–Kier alpha value is -0.370. The number of nitrogens with one attached hydrogen (secondary N) is 1. The molecule has 6 nitrogen and oxygen atoms in total. The first-order valence-corrected chi connectivity index (χ1v) is 8.43. The Morgan fingerprint density at radius 3 is 2.50 bits per heavy atom. The summed E-state index contributed by atoms with van der Waals surface area (Å²) < 4.78 is 24.5. The van der Waals surface area contributed by atoms with Gasteiger partial charge in [-0.2, -0.15) is 0 Å². The van der Waals surface area contributed by atoms with Crippen molar-refractivity contribution in [1.82, 2.24) is 9.62 Å².